The van der Waals surface area contributed by atoms with Gasteiger partial charge in [-0.15, -0.1) is 0 Å². The molecule has 1 N–H and O–H groups in total. The summed E-state index contributed by atoms with van der Waals surface area (Å²) >= 11 is 1.10. The number of aromatic nitrogens is 4. The van der Waals surface area contributed by atoms with E-state index >= 15 is 0 Å². The van der Waals surface area contributed by atoms with Crippen LogP contribution in [0.3, 0.4) is 0 Å². The van der Waals surface area contributed by atoms with Gasteiger partial charge in [0.15, 0.2) is 0 Å². The standard InChI is InChI=1S/C21H19N5O2S/c1-3-14-4-6-16(7-5-14)24-17(27)12-26-13(2)23-19-18(15-8-10-22-11-9-15)25-29-20(19)21(26)28/h4-11H,3,12H2,1-2H3,(H,24,27). The molecule has 0 saturated carbocycles. The number of amides is 1. The van der Waals surface area contributed by atoms with E-state index in [1.54, 1.807) is 19.3 Å². The van der Waals surface area contributed by atoms with Crippen LogP contribution in [0.4, 0.5) is 5.69 Å². The van der Waals surface area contributed by atoms with Crippen LogP contribution < -0.4 is 10.9 Å². The van der Waals surface area contributed by atoms with Gasteiger partial charge in [-0.1, -0.05) is 19.1 Å². The summed E-state index contributed by atoms with van der Waals surface area (Å²) in [5.41, 5.74) is 3.69. The van der Waals surface area contributed by atoms with E-state index in [1.807, 2.05) is 36.4 Å². The zero-order chi connectivity index (χ0) is 20.4. The molecule has 7 nitrogen and oxygen atoms in total. The molecule has 0 atom stereocenters. The molecule has 4 aromatic rings. The number of anilines is 1. The molecule has 0 unspecified atom stereocenters. The Morgan fingerprint density at radius 1 is 1.14 bits per heavy atom. The molecule has 0 saturated heterocycles. The maximum atomic E-state index is 13.0. The summed E-state index contributed by atoms with van der Waals surface area (Å²) in [6, 6.07) is 11.3. The first kappa shape index (κ1) is 18.9. The number of pyridine rings is 1. The number of aryl methyl sites for hydroxylation is 2. The van der Waals surface area contributed by atoms with Crippen LogP contribution in [0, 0.1) is 6.92 Å². The molecular weight excluding hydrogens is 386 g/mol. The largest absolute Gasteiger partial charge is 0.325 e. The van der Waals surface area contributed by atoms with Gasteiger partial charge in [0.25, 0.3) is 5.56 Å². The highest BCUT2D eigenvalue weighted by molar-refractivity contribution is 7.13. The number of carbonyl (C=O) groups is 1. The molecule has 0 aliphatic heterocycles. The van der Waals surface area contributed by atoms with E-state index in [9.17, 15) is 9.59 Å². The van der Waals surface area contributed by atoms with Crippen LogP contribution >= 0.6 is 11.5 Å². The molecule has 146 valence electrons. The smallest absolute Gasteiger partial charge is 0.273 e. The molecule has 8 heteroatoms. The van der Waals surface area contributed by atoms with Crippen molar-refractivity contribution in [3.05, 3.63) is 70.5 Å². The third kappa shape index (κ3) is 3.79. The monoisotopic (exact) mass is 405 g/mol. The Labute approximate surface area is 171 Å². The second-order valence-electron chi connectivity index (χ2n) is 6.59. The average Bonchev–Trinajstić information content (AvgIpc) is 3.16. The quantitative estimate of drug-likeness (QED) is 0.549. The van der Waals surface area contributed by atoms with Crippen LogP contribution in [0.1, 0.15) is 18.3 Å². The molecule has 0 aliphatic carbocycles. The highest BCUT2D eigenvalue weighted by atomic mass is 32.1. The maximum absolute atomic E-state index is 13.0. The van der Waals surface area contributed by atoms with Crippen LogP contribution in [0.25, 0.3) is 21.5 Å². The molecule has 29 heavy (non-hydrogen) atoms. The SMILES string of the molecule is CCc1ccc(NC(=O)Cn2c(C)nc3c(-c4ccncc4)nsc3c2=O)cc1. The molecule has 3 aromatic heterocycles. The van der Waals surface area contributed by atoms with Gasteiger partial charge < -0.3 is 5.32 Å². The number of rotatable bonds is 5. The molecule has 0 fully saturated rings. The van der Waals surface area contributed by atoms with Gasteiger partial charge in [0.2, 0.25) is 5.91 Å². The molecule has 0 radical (unpaired) electrons. The minimum atomic E-state index is -0.278. The molecule has 0 aliphatic rings. The normalized spacial score (nSPS) is 11.0. The molecule has 0 spiro atoms. The third-order valence-electron chi connectivity index (χ3n) is 4.67. The summed E-state index contributed by atoms with van der Waals surface area (Å²) in [5, 5.41) is 2.83. The molecule has 0 bridgehead atoms. The number of benzene rings is 1. The zero-order valence-electron chi connectivity index (χ0n) is 16.0. The topological polar surface area (TPSA) is 89.8 Å². The van der Waals surface area contributed by atoms with Crippen molar-refractivity contribution < 1.29 is 4.79 Å². The van der Waals surface area contributed by atoms with Crippen LogP contribution in [-0.4, -0.2) is 24.8 Å². The summed E-state index contributed by atoms with van der Waals surface area (Å²) in [7, 11) is 0. The van der Waals surface area contributed by atoms with Crippen molar-refractivity contribution in [1.82, 2.24) is 18.9 Å². The maximum Gasteiger partial charge on any atom is 0.273 e. The first-order valence-electron chi connectivity index (χ1n) is 9.23. The lowest BCUT2D eigenvalue weighted by Crippen LogP contribution is -2.29. The van der Waals surface area contributed by atoms with Crippen molar-refractivity contribution in [3.63, 3.8) is 0 Å². The molecular formula is C21H19N5O2S. The summed E-state index contributed by atoms with van der Waals surface area (Å²) in [6.07, 6.45) is 4.28. The Bertz CT molecular complexity index is 1230. The van der Waals surface area contributed by atoms with Gasteiger partial charge >= 0.3 is 0 Å². The number of fused-ring (bicyclic) bond motifs is 1. The Kier molecular flexibility index (Phi) is 5.18. The highest BCUT2D eigenvalue weighted by Gasteiger charge is 2.18. The van der Waals surface area contributed by atoms with Crippen LogP contribution in [0.5, 0.6) is 0 Å². The van der Waals surface area contributed by atoms with Crippen LogP contribution in [0.2, 0.25) is 0 Å². The summed E-state index contributed by atoms with van der Waals surface area (Å²) < 4.78 is 6.22. The van der Waals surface area contributed by atoms with E-state index in [2.05, 4.69) is 26.6 Å². The Balaban J connectivity index is 1.62. The van der Waals surface area contributed by atoms with Gasteiger partial charge in [-0.25, -0.2) is 4.98 Å². The van der Waals surface area contributed by atoms with Crippen molar-refractivity contribution >= 4 is 33.3 Å². The van der Waals surface area contributed by atoms with Crippen LogP contribution in [0.15, 0.2) is 53.6 Å². The molecule has 3 heterocycles. The van der Waals surface area contributed by atoms with Crippen molar-refractivity contribution in [1.29, 1.82) is 0 Å². The minimum Gasteiger partial charge on any atom is -0.325 e. The molecule has 1 aromatic carbocycles. The number of hydrogen-bond acceptors (Lipinski definition) is 6. The van der Waals surface area contributed by atoms with E-state index in [1.165, 1.54) is 10.1 Å². The number of hydrogen-bond donors (Lipinski definition) is 1. The number of carbonyl (C=O) groups excluding carboxylic acids is 1. The zero-order valence-corrected chi connectivity index (χ0v) is 16.9. The van der Waals surface area contributed by atoms with Crippen molar-refractivity contribution in [2.45, 2.75) is 26.8 Å². The second-order valence-corrected chi connectivity index (χ2v) is 7.37. The fraction of sp³-hybridized carbons (Fsp3) is 0.190. The van der Waals surface area contributed by atoms with E-state index < -0.39 is 0 Å². The lowest BCUT2D eigenvalue weighted by atomic mass is 10.1. The first-order valence-corrected chi connectivity index (χ1v) is 10.00. The van der Waals surface area contributed by atoms with E-state index in [-0.39, 0.29) is 18.0 Å². The van der Waals surface area contributed by atoms with Crippen LogP contribution in [-0.2, 0) is 17.8 Å². The van der Waals surface area contributed by atoms with Gasteiger partial charge in [-0.05, 0) is 54.7 Å². The molecule has 4 rings (SSSR count). The summed E-state index contributed by atoms with van der Waals surface area (Å²) in [6.45, 7) is 3.69. The average molecular weight is 405 g/mol. The summed E-state index contributed by atoms with van der Waals surface area (Å²) in [4.78, 5) is 34.0. The van der Waals surface area contributed by atoms with E-state index in [4.69, 9.17) is 0 Å². The van der Waals surface area contributed by atoms with Crippen molar-refractivity contribution in [2.24, 2.45) is 0 Å². The highest BCUT2D eigenvalue weighted by Crippen LogP contribution is 2.27. The Morgan fingerprint density at radius 2 is 1.86 bits per heavy atom. The van der Waals surface area contributed by atoms with E-state index in [0.29, 0.717) is 27.4 Å². The van der Waals surface area contributed by atoms with Gasteiger partial charge in [0, 0.05) is 23.6 Å². The van der Waals surface area contributed by atoms with Gasteiger partial charge in [-0.3, -0.25) is 19.1 Å². The van der Waals surface area contributed by atoms with Crippen molar-refractivity contribution in [3.8, 4) is 11.3 Å². The minimum absolute atomic E-state index is 0.106. The van der Waals surface area contributed by atoms with Gasteiger partial charge in [-0.2, -0.15) is 4.37 Å². The van der Waals surface area contributed by atoms with Crippen molar-refractivity contribution in [2.75, 3.05) is 5.32 Å². The fourth-order valence-electron chi connectivity index (χ4n) is 3.07. The summed E-state index contributed by atoms with van der Waals surface area (Å²) in [5.74, 6) is 0.189. The predicted octanol–water partition coefficient (Wildman–Crippen LogP) is 3.42. The fourth-order valence-corrected chi connectivity index (χ4v) is 3.87. The lowest BCUT2D eigenvalue weighted by molar-refractivity contribution is -0.116. The third-order valence-corrected chi connectivity index (χ3v) is 5.50. The Morgan fingerprint density at radius 3 is 2.55 bits per heavy atom. The van der Waals surface area contributed by atoms with Gasteiger partial charge in [0.05, 0.1) is 0 Å². The van der Waals surface area contributed by atoms with Gasteiger partial charge in [0.1, 0.15) is 28.3 Å². The second kappa shape index (κ2) is 7.92. The first-order chi connectivity index (χ1) is 14.1. The lowest BCUT2D eigenvalue weighted by Gasteiger charge is -2.10. The molecule has 1 amide bonds. The predicted molar refractivity (Wildman–Crippen MR) is 114 cm³/mol. The van der Waals surface area contributed by atoms with E-state index in [0.717, 1.165) is 23.5 Å². The Hall–Kier alpha value is -3.39. The number of nitrogens with zero attached hydrogens (tertiary/aromatic N) is 4. The number of nitrogens with one attached hydrogen (secondary N) is 1.